The molecule has 0 N–H and O–H groups in total. The molecule has 1 saturated heterocycles. The Labute approximate surface area is 153 Å². The molecule has 1 aliphatic heterocycles. The predicted molar refractivity (Wildman–Crippen MR) is 99.8 cm³/mol. The molecule has 0 saturated carbocycles. The van der Waals surface area contributed by atoms with Gasteiger partial charge >= 0.3 is 0 Å². The molecule has 1 unspecified atom stereocenters. The number of benzene rings is 1. The number of hydrogen-bond donors (Lipinski definition) is 0. The summed E-state index contributed by atoms with van der Waals surface area (Å²) in [5.41, 5.74) is 4.09. The average Bonchev–Trinajstić information content (AvgIpc) is 3.43. The lowest BCUT2D eigenvalue weighted by molar-refractivity contribution is 0.257. The molecule has 5 nitrogen and oxygen atoms in total. The van der Waals surface area contributed by atoms with Gasteiger partial charge in [-0.2, -0.15) is 5.10 Å². The highest BCUT2D eigenvalue weighted by molar-refractivity contribution is 5.33. The van der Waals surface area contributed by atoms with E-state index in [2.05, 4.69) is 50.0 Å². The third-order valence-electron chi connectivity index (χ3n) is 5.73. The van der Waals surface area contributed by atoms with Gasteiger partial charge in [-0.1, -0.05) is 30.3 Å². The molecule has 0 bridgehead atoms. The molecule has 0 spiro atoms. The third kappa shape index (κ3) is 2.72. The summed E-state index contributed by atoms with van der Waals surface area (Å²) in [6.45, 7) is 2.22. The molecule has 1 aromatic carbocycles. The number of rotatable bonds is 4. The summed E-state index contributed by atoms with van der Waals surface area (Å²) in [4.78, 5) is 11.6. The van der Waals surface area contributed by atoms with Crippen LogP contribution in [0.25, 0.3) is 0 Å². The molecule has 5 heteroatoms. The van der Waals surface area contributed by atoms with Gasteiger partial charge in [0.15, 0.2) is 0 Å². The van der Waals surface area contributed by atoms with E-state index in [0.29, 0.717) is 6.04 Å². The highest BCUT2D eigenvalue weighted by Gasteiger charge is 2.32. The van der Waals surface area contributed by atoms with Crippen LogP contribution in [0.3, 0.4) is 0 Å². The number of likely N-dealkylation sites (tertiary alicyclic amines) is 1. The largest absolute Gasteiger partial charge is 0.290 e. The van der Waals surface area contributed by atoms with E-state index in [4.69, 9.17) is 4.98 Å². The second-order valence-electron chi connectivity index (χ2n) is 7.33. The molecule has 26 heavy (non-hydrogen) atoms. The van der Waals surface area contributed by atoms with Crippen molar-refractivity contribution in [3.8, 4) is 0 Å². The van der Waals surface area contributed by atoms with Crippen molar-refractivity contribution in [2.24, 2.45) is 0 Å². The number of nitrogens with zero attached hydrogens (tertiary/aromatic N) is 5. The van der Waals surface area contributed by atoms with Gasteiger partial charge in [0.25, 0.3) is 0 Å². The van der Waals surface area contributed by atoms with Crippen LogP contribution in [0.1, 0.15) is 47.4 Å². The summed E-state index contributed by atoms with van der Waals surface area (Å²) >= 11 is 0. The summed E-state index contributed by atoms with van der Waals surface area (Å²) in [5, 5.41) is 4.66. The SMILES string of the molecule is c1cncc(C(c2ncnn2C2Cc3ccccc3C2)N2CCCC2)c1. The van der Waals surface area contributed by atoms with Crippen LogP contribution in [0, 0.1) is 0 Å². The van der Waals surface area contributed by atoms with Gasteiger partial charge in [0, 0.05) is 12.4 Å². The molecule has 0 amide bonds. The first-order chi connectivity index (χ1) is 12.9. The maximum absolute atomic E-state index is 4.73. The molecular formula is C21H23N5. The summed E-state index contributed by atoms with van der Waals surface area (Å²) < 4.78 is 2.18. The molecule has 0 radical (unpaired) electrons. The van der Waals surface area contributed by atoms with Crippen molar-refractivity contribution in [2.75, 3.05) is 13.1 Å². The molecule has 1 atom stereocenters. The fourth-order valence-electron chi connectivity index (χ4n) is 4.51. The lowest BCUT2D eigenvalue weighted by atomic mass is 10.1. The maximum Gasteiger partial charge on any atom is 0.149 e. The molecule has 3 aromatic rings. The van der Waals surface area contributed by atoms with E-state index in [1.54, 1.807) is 6.33 Å². The van der Waals surface area contributed by atoms with Gasteiger partial charge in [-0.3, -0.25) is 9.88 Å². The lowest BCUT2D eigenvalue weighted by Gasteiger charge is -2.28. The van der Waals surface area contributed by atoms with Crippen molar-refractivity contribution in [2.45, 2.75) is 37.8 Å². The molecule has 2 aliphatic rings. The van der Waals surface area contributed by atoms with Crippen molar-refractivity contribution < 1.29 is 0 Å². The summed E-state index contributed by atoms with van der Waals surface area (Å²) in [6.07, 6.45) is 10.1. The summed E-state index contributed by atoms with van der Waals surface area (Å²) in [5.74, 6) is 1.05. The van der Waals surface area contributed by atoms with Crippen molar-refractivity contribution in [3.63, 3.8) is 0 Å². The van der Waals surface area contributed by atoms with Crippen molar-refractivity contribution in [1.82, 2.24) is 24.6 Å². The second kappa shape index (κ2) is 6.65. The maximum atomic E-state index is 4.73. The Morgan fingerprint density at radius 1 is 0.962 bits per heavy atom. The van der Waals surface area contributed by atoms with Crippen LogP contribution >= 0.6 is 0 Å². The number of hydrogen-bond acceptors (Lipinski definition) is 4. The Morgan fingerprint density at radius 2 is 1.73 bits per heavy atom. The first kappa shape index (κ1) is 15.7. The van der Waals surface area contributed by atoms with E-state index in [-0.39, 0.29) is 6.04 Å². The van der Waals surface area contributed by atoms with E-state index in [0.717, 1.165) is 31.8 Å². The standard InChI is InChI=1S/C21H23N5/c1-2-7-17-13-19(12-16(17)6-1)26-21(23-15-24-26)20(25-10-3-4-11-25)18-8-5-9-22-14-18/h1-2,5-9,14-15,19-20H,3-4,10-13H2. The fourth-order valence-corrected chi connectivity index (χ4v) is 4.51. The van der Waals surface area contributed by atoms with Gasteiger partial charge in [0.1, 0.15) is 12.2 Å². The Hall–Kier alpha value is -2.53. The Bertz CT molecular complexity index is 857. The first-order valence-electron chi connectivity index (χ1n) is 9.50. The van der Waals surface area contributed by atoms with Crippen LogP contribution in [0.2, 0.25) is 0 Å². The molecule has 5 rings (SSSR count). The van der Waals surface area contributed by atoms with Crippen molar-refractivity contribution >= 4 is 0 Å². The zero-order valence-electron chi connectivity index (χ0n) is 14.8. The quantitative estimate of drug-likeness (QED) is 0.728. The molecule has 132 valence electrons. The molecule has 1 fully saturated rings. The first-order valence-corrected chi connectivity index (χ1v) is 9.50. The number of fused-ring (bicyclic) bond motifs is 1. The fraction of sp³-hybridized carbons (Fsp3) is 0.381. The van der Waals surface area contributed by atoms with E-state index in [1.165, 1.54) is 29.5 Å². The van der Waals surface area contributed by atoms with Gasteiger partial charge < -0.3 is 0 Å². The third-order valence-corrected chi connectivity index (χ3v) is 5.73. The van der Waals surface area contributed by atoms with Crippen molar-refractivity contribution in [3.05, 3.63) is 77.6 Å². The minimum absolute atomic E-state index is 0.136. The zero-order valence-corrected chi connectivity index (χ0v) is 14.8. The van der Waals surface area contributed by atoms with E-state index >= 15 is 0 Å². The summed E-state index contributed by atoms with van der Waals surface area (Å²) in [7, 11) is 0. The molecule has 2 aromatic heterocycles. The highest BCUT2D eigenvalue weighted by Crippen LogP contribution is 2.35. The zero-order chi connectivity index (χ0) is 17.3. The van der Waals surface area contributed by atoms with Gasteiger partial charge in [0.2, 0.25) is 0 Å². The van der Waals surface area contributed by atoms with Crippen LogP contribution in [0.4, 0.5) is 0 Å². The van der Waals surface area contributed by atoms with Crippen LogP contribution in [0.5, 0.6) is 0 Å². The Kier molecular flexibility index (Phi) is 4.02. The highest BCUT2D eigenvalue weighted by atomic mass is 15.4. The number of aromatic nitrogens is 4. The van der Waals surface area contributed by atoms with Crippen molar-refractivity contribution in [1.29, 1.82) is 0 Å². The van der Waals surface area contributed by atoms with Crippen LogP contribution in [0.15, 0.2) is 55.1 Å². The second-order valence-corrected chi connectivity index (χ2v) is 7.33. The molecular weight excluding hydrogens is 322 g/mol. The van der Waals surface area contributed by atoms with Gasteiger partial charge in [-0.25, -0.2) is 9.67 Å². The molecule has 1 aliphatic carbocycles. The topological polar surface area (TPSA) is 46.8 Å². The average molecular weight is 345 g/mol. The Balaban J connectivity index is 1.52. The van der Waals surface area contributed by atoms with E-state index in [9.17, 15) is 0 Å². The van der Waals surface area contributed by atoms with Gasteiger partial charge in [-0.05, 0) is 61.5 Å². The smallest absolute Gasteiger partial charge is 0.149 e. The predicted octanol–water partition coefficient (Wildman–Crippen LogP) is 3.20. The minimum Gasteiger partial charge on any atom is -0.290 e. The Morgan fingerprint density at radius 3 is 2.42 bits per heavy atom. The van der Waals surface area contributed by atoms with Gasteiger partial charge in [-0.15, -0.1) is 0 Å². The minimum atomic E-state index is 0.136. The van der Waals surface area contributed by atoms with E-state index < -0.39 is 0 Å². The monoisotopic (exact) mass is 345 g/mol. The van der Waals surface area contributed by atoms with Crippen LogP contribution in [-0.2, 0) is 12.8 Å². The lowest BCUT2D eigenvalue weighted by Crippen LogP contribution is -2.30. The van der Waals surface area contributed by atoms with E-state index in [1.807, 2.05) is 18.5 Å². The van der Waals surface area contributed by atoms with Gasteiger partial charge in [0.05, 0.1) is 12.1 Å². The van der Waals surface area contributed by atoms with Crippen LogP contribution in [-0.4, -0.2) is 37.7 Å². The number of pyridine rings is 1. The normalized spacial score (nSPS) is 18.9. The van der Waals surface area contributed by atoms with Crippen LogP contribution < -0.4 is 0 Å². The molecule has 3 heterocycles. The summed E-state index contributed by atoms with van der Waals surface area (Å²) in [6, 6.07) is 13.4.